The number of anilines is 2. The molecule has 4 aromatic rings. The van der Waals surface area contributed by atoms with E-state index in [1.54, 1.807) is 11.8 Å². The van der Waals surface area contributed by atoms with E-state index in [0.29, 0.717) is 5.69 Å². The van der Waals surface area contributed by atoms with Gasteiger partial charge in [-0.1, -0.05) is 78.5 Å². The summed E-state index contributed by atoms with van der Waals surface area (Å²) in [5.74, 6) is -0.462. The van der Waals surface area contributed by atoms with Crippen molar-refractivity contribution in [1.82, 2.24) is 0 Å². The Labute approximate surface area is 185 Å². The first-order chi connectivity index (χ1) is 15.2. The highest BCUT2D eigenvalue weighted by atomic mass is 32.2. The molecule has 150 valence electrons. The summed E-state index contributed by atoms with van der Waals surface area (Å²) in [5, 5.41) is 17.6. The Kier molecular flexibility index (Phi) is 6.32. The highest BCUT2D eigenvalue weighted by molar-refractivity contribution is 7.99. The van der Waals surface area contributed by atoms with Gasteiger partial charge >= 0.3 is 0 Å². The van der Waals surface area contributed by atoms with E-state index in [1.165, 1.54) is 6.20 Å². The zero-order chi connectivity index (χ0) is 21.5. The van der Waals surface area contributed by atoms with Gasteiger partial charge in [-0.05, 0) is 35.7 Å². The maximum atomic E-state index is 12.8. The second-order valence-electron chi connectivity index (χ2n) is 6.71. The molecule has 0 aliphatic heterocycles. The lowest BCUT2D eigenvalue weighted by Gasteiger charge is -2.11. The van der Waals surface area contributed by atoms with Gasteiger partial charge in [0.15, 0.2) is 0 Å². The normalized spacial score (nSPS) is 11.0. The van der Waals surface area contributed by atoms with Gasteiger partial charge in [-0.25, -0.2) is 0 Å². The molecule has 4 nitrogen and oxygen atoms in total. The van der Waals surface area contributed by atoms with Gasteiger partial charge in [-0.2, -0.15) is 5.26 Å². The summed E-state index contributed by atoms with van der Waals surface area (Å²) >= 11 is 1.55. The third-order valence-corrected chi connectivity index (χ3v) is 5.72. The Morgan fingerprint density at radius 2 is 1.48 bits per heavy atom. The third-order valence-electron chi connectivity index (χ3n) is 4.63. The van der Waals surface area contributed by atoms with Crippen LogP contribution in [0.25, 0.3) is 10.8 Å². The van der Waals surface area contributed by atoms with E-state index in [1.807, 2.05) is 103 Å². The molecule has 0 saturated heterocycles. The summed E-state index contributed by atoms with van der Waals surface area (Å²) in [5.41, 5.74) is 1.48. The highest BCUT2D eigenvalue weighted by Gasteiger charge is 2.12. The second kappa shape index (κ2) is 9.66. The molecule has 0 unspecified atom stereocenters. The van der Waals surface area contributed by atoms with E-state index in [2.05, 4.69) is 10.6 Å². The fourth-order valence-electron chi connectivity index (χ4n) is 3.11. The Morgan fingerprint density at radius 1 is 0.806 bits per heavy atom. The van der Waals surface area contributed by atoms with E-state index in [9.17, 15) is 10.1 Å². The van der Waals surface area contributed by atoms with Gasteiger partial charge in [0, 0.05) is 27.1 Å². The van der Waals surface area contributed by atoms with Gasteiger partial charge in [0.05, 0.1) is 5.69 Å². The molecule has 0 spiro atoms. The quantitative estimate of drug-likeness (QED) is 0.277. The van der Waals surface area contributed by atoms with Crippen molar-refractivity contribution in [2.45, 2.75) is 9.79 Å². The van der Waals surface area contributed by atoms with Crippen molar-refractivity contribution >= 4 is 39.8 Å². The van der Waals surface area contributed by atoms with Crippen molar-refractivity contribution in [2.24, 2.45) is 0 Å². The number of fused-ring (bicyclic) bond motifs is 1. The van der Waals surface area contributed by atoms with Gasteiger partial charge in [-0.3, -0.25) is 4.79 Å². The second-order valence-corrected chi connectivity index (χ2v) is 7.82. The Hall–Kier alpha value is -4.01. The topological polar surface area (TPSA) is 64.9 Å². The first-order valence-corrected chi connectivity index (χ1v) is 10.5. The van der Waals surface area contributed by atoms with Gasteiger partial charge in [0.1, 0.15) is 11.6 Å². The van der Waals surface area contributed by atoms with Crippen molar-refractivity contribution in [2.75, 3.05) is 10.6 Å². The lowest BCUT2D eigenvalue weighted by molar-refractivity contribution is -0.112. The molecule has 0 fully saturated rings. The van der Waals surface area contributed by atoms with Crippen molar-refractivity contribution in [1.29, 1.82) is 5.26 Å². The number of hydrogen-bond donors (Lipinski definition) is 2. The average Bonchev–Trinajstić information content (AvgIpc) is 2.81. The number of hydrogen-bond acceptors (Lipinski definition) is 4. The summed E-state index contributed by atoms with van der Waals surface area (Å²) in [7, 11) is 0. The summed E-state index contributed by atoms with van der Waals surface area (Å²) in [6.45, 7) is 0. The van der Waals surface area contributed by atoms with Crippen molar-refractivity contribution in [3.8, 4) is 6.07 Å². The van der Waals surface area contributed by atoms with E-state index in [4.69, 9.17) is 0 Å². The van der Waals surface area contributed by atoms with Crippen LogP contribution in [0, 0.1) is 11.3 Å². The van der Waals surface area contributed by atoms with E-state index in [0.717, 1.165) is 26.3 Å². The number of carbonyl (C=O) groups is 1. The van der Waals surface area contributed by atoms with Crippen molar-refractivity contribution in [3.05, 3.63) is 109 Å². The molecule has 0 radical (unpaired) electrons. The molecule has 31 heavy (non-hydrogen) atoms. The number of rotatable bonds is 6. The molecule has 0 aliphatic carbocycles. The summed E-state index contributed by atoms with van der Waals surface area (Å²) in [4.78, 5) is 14.8. The maximum Gasteiger partial charge on any atom is 0.267 e. The lowest BCUT2D eigenvalue weighted by Crippen LogP contribution is -2.15. The molecule has 1 amide bonds. The van der Waals surface area contributed by atoms with E-state index in [-0.39, 0.29) is 5.57 Å². The molecule has 0 atom stereocenters. The number of amides is 1. The molecule has 2 N–H and O–H groups in total. The predicted molar refractivity (Wildman–Crippen MR) is 127 cm³/mol. The summed E-state index contributed by atoms with van der Waals surface area (Å²) < 4.78 is 0. The zero-order valence-corrected chi connectivity index (χ0v) is 17.4. The standard InChI is InChI=1S/C26H19N3OS/c27-17-20(18-28-23-15-8-10-19-9-4-5-13-22(19)23)26(30)29-24-14-6-7-16-25(24)31-21-11-2-1-3-12-21/h1-16,18,28H,(H,29,30)/b20-18-. The van der Waals surface area contributed by atoms with Gasteiger partial charge in [0.2, 0.25) is 0 Å². The fraction of sp³-hybridized carbons (Fsp3) is 0. The summed E-state index contributed by atoms with van der Waals surface area (Å²) in [6.07, 6.45) is 1.45. The number of para-hydroxylation sites is 1. The van der Waals surface area contributed by atoms with Crippen LogP contribution >= 0.6 is 11.8 Å². The number of nitrogens with one attached hydrogen (secondary N) is 2. The van der Waals surface area contributed by atoms with Crippen LogP contribution in [0.1, 0.15) is 0 Å². The highest BCUT2D eigenvalue weighted by Crippen LogP contribution is 2.33. The van der Waals surface area contributed by atoms with Crippen LogP contribution in [0.5, 0.6) is 0 Å². The maximum absolute atomic E-state index is 12.8. The largest absolute Gasteiger partial charge is 0.360 e. The number of nitriles is 1. The Balaban J connectivity index is 1.53. The number of nitrogens with zero attached hydrogens (tertiary/aromatic N) is 1. The minimum atomic E-state index is -0.462. The van der Waals surface area contributed by atoms with Crippen LogP contribution in [0.2, 0.25) is 0 Å². The van der Waals surface area contributed by atoms with E-state index < -0.39 is 5.91 Å². The SMILES string of the molecule is N#C/C(=C/Nc1cccc2ccccc12)C(=O)Nc1ccccc1Sc1ccccc1. The van der Waals surface area contributed by atoms with Gasteiger partial charge in [-0.15, -0.1) is 0 Å². The van der Waals surface area contributed by atoms with Crippen molar-refractivity contribution < 1.29 is 4.79 Å². The molecule has 0 bridgehead atoms. The van der Waals surface area contributed by atoms with Crippen LogP contribution in [0.15, 0.2) is 119 Å². The molecule has 0 heterocycles. The average molecular weight is 422 g/mol. The van der Waals surface area contributed by atoms with Gasteiger partial charge in [0.25, 0.3) is 5.91 Å². The first-order valence-electron chi connectivity index (χ1n) is 9.72. The summed E-state index contributed by atoms with van der Waals surface area (Å²) in [6, 6.07) is 33.3. The van der Waals surface area contributed by atoms with Crippen LogP contribution in [-0.2, 0) is 4.79 Å². The number of carbonyl (C=O) groups excluding carboxylic acids is 1. The van der Waals surface area contributed by atoms with Crippen LogP contribution < -0.4 is 10.6 Å². The molecule has 5 heteroatoms. The minimum Gasteiger partial charge on any atom is -0.360 e. The molecule has 0 aliphatic rings. The molecule has 4 aromatic carbocycles. The third kappa shape index (κ3) is 4.95. The Bertz CT molecular complexity index is 1290. The smallest absolute Gasteiger partial charge is 0.267 e. The van der Waals surface area contributed by atoms with Gasteiger partial charge < -0.3 is 10.6 Å². The first kappa shape index (κ1) is 20.3. The molecule has 4 rings (SSSR count). The molecular formula is C26H19N3OS. The molecule has 0 saturated carbocycles. The van der Waals surface area contributed by atoms with Crippen LogP contribution in [0.4, 0.5) is 11.4 Å². The monoisotopic (exact) mass is 421 g/mol. The van der Waals surface area contributed by atoms with E-state index >= 15 is 0 Å². The van der Waals surface area contributed by atoms with Crippen molar-refractivity contribution in [3.63, 3.8) is 0 Å². The van der Waals surface area contributed by atoms with Crippen LogP contribution in [-0.4, -0.2) is 5.91 Å². The molecule has 0 aromatic heterocycles. The predicted octanol–water partition coefficient (Wildman–Crippen LogP) is 6.45. The number of benzene rings is 4. The zero-order valence-electron chi connectivity index (χ0n) is 16.6. The minimum absolute atomic E-state index is 0.00699. The molecular weight excluding hydrogens is 402 g/mol. The lowest BCUT2D eigenvalue weighted by atomic mass is 10.1. The fourth-order valence-corrected chi connectivity index (χ4v) is 4.04. The Morgan fingerprint density at radius 3 is 2.32 bits per heavy atom. The van der Waals surface area contributed by atoms with Crippen LogP contribution in [0.3, 0.4) is 0 Å².